The molecular weight excluding hydrogens is 530 g/mol. The fourth-order valence-electron chi connectivity index (χ4n) is 6.69. The summed E-state index contributed by atoms with van der Waals surface area (Å²) in [6.07, 6.45) is 5.63. The highest BCUT2D eigenvalue weighted by molar-refractivity contribution is 7.89. The van der Waals surface area contributed by atoms with Crippen LogP contribution in [0.25, 0.3) is 0 Å². The Morgan fingerprint density at radius 1 is 1.11 bits per heavy atom. The number of ether oxygens (including phenoxy) is 2. The van der Waals surface area contributed by atoms with E-state index in [-0.39, 0.29) is 35.4 Å². The van der Waals surface area contributed by atoms with Gasteiger partial charge in [-0.05, 0) is 68.2 Å². The van der Waals surface area contributed by atoms with Crippen molar-refractivity contribution in [2.75, 3.05) is 32.8 Å². The Balaban J connectivity index is 1.24. The molecule has 3 heterocycles. The van der Waals surface area contributed by atoms with Gasteiger partial charge in [0.15, 0.2) is 0 Å². The van der Waals surface area contributed by atoms with Gasteiger partial charge >= 0.3 is 6.09 Å². The largest absolute Gasteiger partial charge is 0.441 e. The lowest BCUT2D eigenvalue weighted by Crippen LogP contribution is -2.61. The molecule has 11 heteroatoms. The van der Waals surface area contributed by atoms with E-state index in [9.17, 15) is 18.0 Å². The minimum Gasteiger partial charge on any atom is -0.441 e. The summed E-state index contributed by atoms with van der Waals surface area (Å²) in [7, 11) is -3.88. The zero-order chi connectivity index (χ0) is 26.7. The molecule has 9 nitrogen and oxygen atoms in total. The maximum absolute atomic E-state index is 14.0. The fourth-order valence-corrected chi connectivity index (χ4v) is 8.67. The summed E-state index contributed by atoms with van der Waals surface area (Å²) in [4.78, 5) is 29.4. The average molecular weight is 566 g/mol. The number of piperidine rings is 1. The molecule has 38 heavy (non-hydrogen) atoms. The molecule has 3 saturated heterocycles. The van der Waals surface area contributed by atoms with Gasteiger partial charge in [0, 0.05) is 37.6 Å². The predicted octanol–water partition coefficient (Wildman–Crippen LogP) is 3.51. The van der Waals surface area contributed by atoms with Crippen LogP contribution in [0.1, 0.15) is 51.9 Å². The number of benzene rings is 1. The number of sulfonamides is 1. The van der Waals surface area contributed by atoms with Crippen molar-refractivity contribution >= 4 is 33.6 Å². The standard InChI is InChI=1S/C27H36ClN3O6S/c1-18(32)30-12-2-3-20-14-29(15-24(20)30)26(33)37-27(10-11-27)25-17-36-16-22(13-19-4-5-19)31(25)38(34,35)23-8-6-21(28)7-9-23/h6-9,19-20,22,24-25H,2-5,10-17H2,1H3/t20?,22-,24?,25-/m1/s1. The van der Waals surface area contributed by atoms with Gasteiger partial charge in [-0.15, -0.1) is 0 Å². The van der Waals surface area contributed by atoms with Crippen molar-refractivity contribution in [3.63, 3.8) is 0 Å². The third kappa shape index (κ3) is 4.93. The third-order valence-corrected chi connectivity index (χ3v) is 11.3. The molecule has 5 aliphatic rings. The Morgan fingerprint density at radius 3 is 2.50 bits per heavy atom. The smallest absolute Gasteiger partial charge is 0.410 e. The van der Waals surface area contributed by atoms with Crippen LogP contribution in [0.5, 0.6) is 0 Å². The second-order valence-corrected chi connectivity index (χ2v) is 14.0. The van der Waals surface area contributed by atoms with Crippen molar-refractivity contribution in [2.24, 2.45) is 11.8 Å². The van der Waals surface area contributed by atoms with E-state index < -0.39 is 27.8 Å². The van der Waals surface area contributed by atoms with Gasteiger partial charge < -0.3 is 19.3 Å². The lowest BCUT2D eigenvalue weighted by atomic mass is 9.92. The average Bonchev–Trinajstić information content (AvgIpc) is 3.82. The molecule has 0 spiro atoms. The summed E-state index contributed by atoms with van der Waals surface area (Å²) in [5, 5.41) is 0.471. The summed E-state index contributed by atoms with van der Waals surface area (Å²) < 4.78 is 41.9. The zero-order valence-corrected chi connectivity index (χ0v) is 23.3. The van der Waals surface area contributed by atoms with E-state index in [1.165, 1.54) is 12.1 Å². The van der Waals surface area contributed by atoms with Crippen LogP contribution < -0.4 is 0 Å². The summed E-state index contributed by atoms with van der Waals surface area (Å²) >= 11 is 6.04. The summed E-state index contributed by atoms with van der Waals surface area (Å²) in [5.74, 6) is 0.788. The topological polar surface area (TPSA) is 96.5 Å². The molecule has 1 aromatic rings. The SMILES string of the molecule is CC(=O)N1CCCC2CN(C(=O)OC3([C@H]4COC[C@@H](CC5CC5)N4S(=O)(=O)c4ccc(Cl)cc4)CC3)CC21. The number of morpholine rings is 1. The Hall–Kier alpha value is -1.88. The van der Waals surface area contributed by atoms with Crippen molar-refractivity contribution in [2.45, 2.75) is 80.5 Å². The summed E-state index contributed by atoms with van der Waals surface area (Å²) in [6.45, 7) is 3.84. The number of carbonyl (C=O) groups is 2. The fraction of sp³-hybridized carbons (Fsp3) is 0.704. The summed E-state index contributed by atoms with van der Waals surface area (Å²) in [5.41, 5.74) is -0.910. The molecule has 0 aromatic heterocycles. The first-order chi connectivity index (χ1) is 18.2. The molecule has 0 radical (unpaired) electrons. The first-order valence-electron chi connectivity index (χ1n) is 13.8. The lowest BCUT2D eigenvalue weighted by Gasteiger charge is -2.44. The predicted molar refractivity (Wildman–Crippen MR) is 140 cm³/mol. The van der Waals surface area contributed by atoms with Crippen LogP contribution in [0.4, 0.5) is 4.79 Å². The monoisotopic (exact) mass is 565 g/mol. The number of halogens is 1. The van der Waals surface area contributed by atoms with Crippen molar-refractivity contribution in [1.29, 1.82) is 0 Å². The molecule has 208 valence electrons. The first kappa shape index (κ1) is 26.3. The van der Waals surface area contributed by atoms with Gasteiger partial charge in [0.2, 0.25) is 15.9 Å². The van der Waals surface area contributed by atoms with E-state index >= 15 is 0 Å². The van der Waals surface area contributed by atoms with E-state index in [1.54, 1.807) is 28.3 Å². The molecule has 2 unspecified atom stereocenters. The minimum absolute atomic E-state index is 0.0201. The molecule has 1 aromatic carbocycles. The Labute approximate surface area is 229 Å². The normalized spacial score (nSPS) is 31.1. The van der Waals surface area contributed by atoms with Crippen LogP contribution in [0, 0.1) is 11.8 Å². The third-order valence-electron chi connectivity index (χ3n) is 9.03. The van der Waals surface area contributed by atoms with Crippen LogP contribution in [0.3, 0.4) is 0 Å². The van der Waals surface area contributed by atoms with E-state index in [0.29, 0.717) is 43.5 Å². The molecule has 6 rings (SSSR count). The maximum atomic E-state index is 14.0. The number of hydrogen-bond donors (Lipinski definition) is 0. The Bertz CT molecular complexity index is 1190. The molecule has 2 amide bonds. The number of amides is 2. The van der Waals surface area contributed by atoms with Crippen LogP contribution in [-0.4, -0.2) is 91.1 Å². The van der Waals surface area contributed by atoms with Gasteiger partial charge in [-0.3, -0.25) is 4.79 Å². The van der Waals surface area contributed by atoms with Crippen molar-refractivity contribution in [3.05, 3.63) is 29.3 Å². The Kier molecular flexibility index (Phi) is 6.90. The summed E-state index contributed by atoms with van der Waals surface area (Å²) in [6, 6.07) is 5.37. The molecular formula is C27H36ClN3O6S. The van der Waals surface area contributed by atoms with Gasteiger partial charge in [0.05, 0.1) is 30.2 Å². The number of nitrogens with zero attached hydrogens (tertiary/aromatic N) is 3. The molecule has 0 bridgehead atoms. The first-order valence-corrected chi connectivity index (χ1v) is 15.6. The number of likely N-dealkylation sites (tertiary alicyclic amines) is 2. The zero-order valence-electron chi connectivity index (χ0n) is 21.8. The second-order valence-electron chi connectivity index (χ2n) is 11.7. The van der Waals surface area contributed by atoms with Crippen LogP contribution in [0.15, 0.2) is 29.2 Å². The van der Waals surface area contributed by atoms with Crippen LogP contribution >= 0.6 is 11.6 Å². The molecule has 4 atom stereocenters. The Morgan fingerprint density at radius 2 is 1.84 bits per heavy atom. The molecule has 2 saturated carbocycles. The highest BCUT2D eigenvalue weighted by Crippen LogP contribution is 2.49. The number of fused-ring (bicyclic) bond motifs is 1. The highest BCUT2D eigenvalue weighted by atomic mass is 35.5. The lowest BCUT2D eigenvalue weighted by molar-refractivity contribution is -0.133. The molecule has 2 aliphatic carbocycles. The molecule has 3 aliphatic heterocycles. The van der Waals surface area contributed by atoms with E-state index in [4.69, 9.17) is 21.1 Å². The van der Waals surface area contributed by atoms with E-state index in [2.05, 4.69) is 0 Å². The van der Waals surface area contributed by atoms with E-state index in [0.717, 1.165) is 38.6 Å². The van der Waals surface area contributed by atoms with Gasteiger partial charge in [-0.25, -0.2) is 13.2 Å². The molecule has 5 fully saturated rings. The van der Waals surface area contributed by atoms with Gasteiger partial charge in [-0.1, -0.05) is 24.4 Å². The van der Waals surface area contributed by atoms with E-state index in [1.807, 2.05) is 4.90 Å². The van der Waals surface area contributed by atoms with Crippen molar-refractivity contribution in [1.82, 2.24) is 14.1 Å². The van der Waals surface area contributed by atoms with Gasteiger partial charge in [0.1, 0.15) is 5.60 Å². The number of carbonyl (C=O) groups excluding carboxylic acids is 2. The maximum Gasteiger partial charge on any atom is 0.410 e. The van der Waals surface area contributed by atoms with Crippen LogP contribution in [-0.2, 0) is 24.3 Å². The number of hydrogen-bond acceptors (Lipinski definition) is 6. The van der Waals surface area contributed by atoms with Gasteiger partial charge in [-0.2, -0.15) is 4.31 Å². The minimum atomic E-state index is -3.88. The quantitative estimate of drug-likeness (QED) is 0.524. The van der Waals surface area contributed by atoms with Crippen molar-refractivity contribution < 1.29 is 27.5 Å². The second kappa shape index (κ2) is 9.94. The highest BCUT2D eigenvalue weighted by Gasteiger charge is 2.61. The molecule has 0 N–H and O–H groups in total. The van der Waals surface area contributed by atoms with Crippen LogP contribution in [0.2, 0.25) is 5.02 Å². The van der Waals surface area contributed by atoms with Crippen molar-refractivity contribution in [3.8, 4) is 0 Å². The van der Waals surface area contributed by atoms with Gasteiger partial charge in [0.25, 0.3) is 0 Å². The number of rotatable bonds is 6.